The van der Waals surface area contributed by atoms with E-state index in [2.05, 4.69) is 29.0 Å². The Morgan fingerprint density at radius 1 is 1.19 bits per heavy atom. The van der Waals surface area contributed by atoms with Gasteiger partial charge in [0, 0.05) is 43.5 Å². The van der Waals surface area contributed by atoms with Gasteiger partial charge in [0.2, 0.25) is 0 Å². The molecule has 21 heavy (non-hydrogen) atoms. The Morgan fingerprint density at radius 3 is 2.57 bits per heavy atom. The van der Waals surface area contributed by atoms with Crippen LogP contribution in [0.3, 0.4) is 0 Å². The van der Waals surface area contributed by atoms with Gasteiger partial charge in [-0.15, -0.1) is 11.3 Å². The maximum absolute atomic E-state index is 5.01. The molecule has 1 saturated carbocycles. The lowest BCUT2D eigenvalue weighted by Crippen LogP contribution is -2.46. The molecule has 0 aromatic carbocycles. The predicted molar refractivity (Wildman–Crippen MR) is 90.4 cm³/mol. The van der Waals surface area contributed by atoms with E-state index in [1.54, 1.807) is 0 Å². The maximum Gasteiger partial charge on any atom is 0.185 e. The summed E-state index contributed by atoms with van der Waals surface area (Å²) in [5, 5.41) is 4.82. The number of anilines is 1. The average Bonchev–Trinajstić information content (AvgIpc) is 3.28. The number of rotatable bonds is 7. The minimum atomic E-state index is 0.755. The van der Waals surface area contributed by atoms with E-state index in [0.717, 1.165) is 32.1 Å². The lowest BCUT2D eigenvalue weighted by atomic mass is 10.2. The van der Waals surface area contributed by atoms with Crippen LogP contribution in [0.4, 0.5) is 5.13 Å². The Labute approximate surface area is 132 Å². The molecule has 2 aliphatic rings. The maximum atomic E-state index is 5.01. The summed E-state index contributed by atoms with van der Waals surface area (Å²) < 4.78 is 0. The van der Waals surface area contributed by atoms with Gasteiger partial charge in [0.15, 0.2) is 5.13 Å². The van der Waals surface area contributed by atoms with E-state index in [9.17, 15) is 0 Å². The van der Waals surface area contributed by atoms with Crippen molar-refractivity contribution in [3.05, 3.63) is 10.6 Å². The summed E-state index contributed by atoms with van der Waals surface area (Å²) in [6.07, 6.45) is 3.88. The molecular weight excluding hydrogens is 280 g/mol. The molecule has 0 unspecified atom stereocenters. The molecule has 118 valence electrons. The monoisotopic (exact) mass is 308 g/mol. The highest BCUT2D eigenvalue weighted by atomic mass is 32.1. The number of piperazine rings is 1. The molecule has 1 saturated heterocycles. The van der Waals surface area contributed by atoms with Crippen LogP contribution in [0, 0.1) is 0 Å². The van der Waals surface area contributed by atoms with Gasteiger partial charge in [-0.1, -0.05) is 13.8 Å². The number of hydrogen-bond donors (Lipinski definition) is 1. The van der Waals surface area contributed by atoms with Crippen molar-refractivity contribution < 1.29 is 0 Å². The molecule has 1 aliphatic heterocycles. The molecule has 0 amide bonds. The molecule has 1 N–H and O–H groups in total. The van der Waals surface area contributed by atoms with Crippen molar-refractivity contribution in [2.24, 2.45) is 0 Å². The molecule has 1 aromatic heterocycles. The third-order valence-corrected chi connectivity index (χ3v) is 5.61. The van der Waals surface area contributed by atoms with Crippen LogP contribution in [0.1, 0.15) is 49.6 Å². The van der Waals surface area contributed by atoms with Crippen LogP contribution >= 0.6 is 11.3 Å². The van der Waals surface area contributed by atoms with Crippen molar-refractivity contribution in [1.29, 1.82) is 0 Å². The van der Waals surface area contributed by atoms with E-state index in [1.165, 1.54) is 54.6 Å². The van der Waals surface area contributed by atoms with Crippen LogP contribution in [0.15, 0.2) is 0 Å². The van der Waals surface area contributed by atoms with Gasteiger partial charge in [-0.05, 0) is 32.4 Å². The van der Waals surface area contributed by atoms with Gasteiger partial charge in [0.05, 0.1) is 5.69 Å². The van der Waals surface area contributed by atoms with Crippen LogP contribution in [0.2, 0.25) is 0 Å². The summed E-state index contributed by atoms with van der Waals surface area (Å²) >= 11 is 1.93. The van der Waals surface area contributed by atoms with Gasteiger partial charge < -0.3 is 15.1 Å². The minimum Gasteiger partial charge on any atom is -0.346 e. The van der Waals surface area contributed by atoms with Crippen LogP contribution < -0.4 is 10.2 Å². The zero-order valence-electron chi connectivity index (χ0n) is 13.4. The van der Waals surface area contributed by atoms with Gasteiger partial charge in [-0.25, -0.2) is 4.98 Å². The number of hydrogen-bond acceptors (Lipinski definition) is 5. The standard InChI is InChI=1S/C16H28N4S/c1-3-7-17-12-14-15(13-5-6-13)18-16(21-14)20-10-8-19(4-2)9-11-20/h13,17H,3-12H2,1-2H3. The van der Waals surface area contributed by atoms with Gasteiger partial charge >= 0.3 is 0 Å². The average molecular weight is 308 g/mol. The van der Waals surface area contributed by atoms with Crippen molar-refractivity contribution in [2.45, 2.75) is 45.6 Å². The van der Waals surface area contributed by atoms with Crippen LogP contribution in [0.25, 0.3) is 0 Å². The molecule has 5 heteroatoms. The topological polar surface area (TPSA) is 31.4 Å². The summed E-state index contributed by atoms with van der Waals surface area (Å²) in [5.41, 5.74) is 1.40. The van der Waals surface area contributed by atoms with Crippen molar-refractivity contribution in [3.63, 3.8) is 0 Å². The number of thiazole rings is 1. The first-order valence-electron chi connectivity index (χ1n) is 8.49. The smallest absolute Gasteiger partial charge is 0.185 e. The van der Waals surface area contributed by atoms with Crippen LogP contribution in [-0.2, 0) is 6.54 Å². The Morgan fingerprint density at radius 2 is 1.95 bits per heavy atom. The Bertz CT molecular complexity index is 447. The van der Waals surface area contributed by atoms with Crippen molar-refractivity contribution in [1.82, 2.24) is 15.2 Å². The zero-order valence-corrected chi connectivity index (χ0v) is 14.2. The second-order valence-electron chi connectivity index (χ2n) is 6.18. The third-order valence-electron chi connectivity index (χ3n) is 4.48. The normalized spacial score (nSPS) is 20.2. The number of aromatic nitrogens is 1. The van der Waals surface area contributed by atoms with E-state index < -0.39 is 0 Å². The fraction of sp³-hybridized carbons (Fsp3) is 0.812. The first kappa shape index (κ1) is 15.3. The summed E-state index contributed by atoms with van der Waals surface area (Å²) in [4.78, 5) is 11.5. The first-order chi connectivity index (χ1) is 10.3. The lowest BCUT2D eigenvalue weighted by molar-refractivity contribution is 0.271. The highest BCUT2D eigenvalue weighted by Crippen LogP contribution is 2.44. The highest BCUT2D eigenvalue weighted by molar-refractivity contribution is 7.15. The molecule has 3 rings (SSSR count). The quantitative estimate of drug-likeness (QED) is 0.785. The largest absolute Gasteiger partial charge is 0.346 e. The summed E-state index contributed by atoms with van der Waals surface area (Å²) in [6, 6.07) is 0. The van der Waals surface area contributed by atoms with E-state index in [1.807, 2.05) is 11.3 Å². The molecule has 2 heterocycles. The Kier molecular flexibility index (Phi) is 5.14. The first-order valence-corrected chi connectivity index (χ1v) is 9.31. The van der Waals surface area contributed by atoms with Gasteiger partial charge in [0.25, 0.3) is 0 Å². The summed E-state index contributed by atoms with van der Waals surface area (Å²) in [7, 11) is 0. The predicted octanol–water partition coefficient (Wildman–Crippen LogP) is 2.66. The van der Waals surface area contributed by atoms with Crippen molar-refractivity contribution in [3.8, 4) is 0 Å². The molecule has 4 nitrogen and oxygen atoms in total. The van der Waals surface area contributed by atoms with Crippen LogP contribution in [0.5, 0.6) is 0 Å². The van der Waals surface area contributed by atoms with E-state index in [0.29, 0.717) is 0 Å². The van der Waals surface area contributed by atoms with Crippen molar-refractivity contribution >= 4 is 16.5 Å². The second kappa shape index (κ2) is 7.07. The van der Waals surface area contributed by atoms with E-state index in [-0.39, 0.29) is 0 Å². The number of nitrogens with one attached hydrogen (secondary N) is 1. The Balaban J connectivity index is 1.66. The molecule has 1 aliphatic carbocycles. The fourth-order valence-electron chi connectivity index (χ4n) is 2.92. The van der Waals surface area contributed by atoms with E-state index >= 15 is 0 Å². The molecule has 0 atom stereocenters. The van der Waals surface area contributed by atoms with Gasteiger partial charge in [-0.2, -0.15) is 0 Å². The molecule has 0 spiro atoms. The van der Waals surface area contributed by atoms with Gasteiger partial charge in [-0.3, -0.25) is 0 Å². The van der Waals surface area contributed by atoms with Crippen molar-refractivity contribution in [2.75, 3.05) is 44.2 Å². The molecule has 1 aromatic rings. The number of nitrogens with zero attached hydrogens (tertiary/aromatic N) is 3. The SMILES string of the molecule is CCCNCc1sc(N2CCN(CC)CC2)nc1C1CC1. The van der Waals surface area contributed by atoms with E-state index in [4.69, 9.17) is 4.98 Å². The summed E-state index contributed by atoms with van der Waals surface area (Å²) in [5.74, 6) is 0.755. The lowest BCUT2D eigenvalue weighted by Gasteiger charge is -2.33. The Hall–Kier alpha value is -0.650. The second-order valence-corrected chi connectivity index (χ2v) is 7.24. The zero-order chi connectivity index (χ0) is 14.7. The fourth-order valence-corrected chi connectivity index (χ4v) is 4.09. The van der Waals surface area contributed by atoms with Gasteiger partial charge in [0.1, 0.15) is 0 Å². The minimum absolute atomic E-state index is 0.755. The molecule has 0 bridgehead atoms. The highest BCUT2D eigenvalue weighted by Gasteiger charge is 2.30. The molecule has 2 fully saturated rings. The molecular formula is C16H28N4S. The molecule has 0 radical (unpaired) electrons. The van der Waals surface area contributed by atoms with Crippen LogP contribution in [-0.4, -0.2) is 49.2 Å². The number of likely N-dealkylation sites (N-methyl/N-ethyl adjacent to an activating group) is 1. The third kappa shape index (κ3) is 3.76. The summed E-state index contributed by atoms with van der Waals surface area (Å²) in [6.45, 7) is 12.4.